The van der Waals surface area contributed by atoms with Gasteiger partial charge < -0.3 is 0 Å². The van der Waals surface area contributed by atoms with Gasteiger partial charge in [-0.25, -0.2) is 4.68 Å². The van der Waals surface area contributed by atoms with Crippen molar-refractivity contribution in [1.29, 1.82) is 0 Å². The van der Waals surface area contributed by atoms with Crippen molar-refractivity contribution >= 4 is 28.1 Å². The molecule has 0 bridgehead atoms. The van der Waals surface area contributed by atoms with Crippen molar-refractivity contribution in [2.45, 2.75) is 18.8 Å². The van der Waals surface area contributed by atoms with Gasteiger partial charge in [0.15, 0.2) is 0 Å². The number of benzene rings is 1. The van der Waals surface area contributed by atoms with Gasteiger partial charge in [-0.1, -0.05) is 28.1 Å². The van der Waals surface area contributed by atoms with Crippen molar-refractivity contribution in [1.82, 2.24) is 9.78 Å². The number of rotatable bonds is 2. The minimum atomic E-state index is 0.707. The second-order valence-electron chi connectivity index (χ2n) is 4.14. The fourth-order valence-electron chi connectivity index (χ4n) is 1.80. The van der Waals surface area contributed by atoms with Gasteiger partial charge in [-0.3, -0.25) is 5.10 Å². The summed E-state index contributed by atoms with van der Waals surface area (Å²) in [7, 11) is 0. The predicted molar refractivity (Wildman–Crippen MR) is 70.6 cm³/mol. The Morgan fingerprint density at radius 1 is 1.25 bits per heavy atom. The first-order chi connectivity index (χ1) is 7.74. The van der Waals surface area contributed by atoms with E-state index in [-0.39, 0.29) is 0 Å². The lowest BCUT2D eigenvalue weighted by Gasteiger charge is -2.02. The molecule has 82 valence electrons. The fourth-order valence-corrected chi connectivity index (χ4v) is 2.34. The van der Waals surface area contributed by atoms with Gasteiger partial charge in [0.1, 0.15) is 4.64 Å². The number of aromatic nitrogens is 2. The highest BCUT2D eigenvalue weighted by molar-refractivity contribution is 9.10. The third-order valence-electron chi connectivity index (χ3n) is 2.84. The minimum Gasteiger partial charge on any atom is -0.297 e. The topological polar surface area (TPSA) is 20.7 Å². The van der Waals surface area contributed by atoms with E-state index in [1.54, 1.807) is 0 Å². The molecule has 1 aliphatic carbocycles. The number of hydrogen-bond donors (Lipinski definition) is 1. The summed E-state index contributed by atoms with van der Waals surface area (Å²) >= 11 is 8.78. The van der Waals surface area contributed by atoms with E-state index in [1.165, 1.54) is 18.5 Å². The van der Waals surface area contributed by atoms with Crippen LogP contribution in [-0.4, -0.2) is 9.78 Å². The van der Waals surface area contributed by atoms with Gasteiger partial charge in [0.05, 0.1) is 5.69 Å². The van der Waals surface area contributed by atoms with Crippen LogP contribution in [0.2, 0.25) is 0 Å². The Morgan fingerprint density at radius 2 is 1.94 bits per heavy atom. The summed E-state index contributed by atoms with van der Waals surface area (Å²) in [6.07, 6.45) is 2.57. The summed E-state index contributed by atoms with van der Waals surface area (Å²) in [6.45, 7) is 0. The summed E-state index contributed by atoms with van der Waals surface area (Å²) in [6, 6.07) is 10.2. The number of nitrogens with one attached hydrogen (secondary N) is 1. The molecule has 1 N–H and O–H groups in total. The molecule has 1 saturated carbocycles. The van der Waals surface area contributed by atoms with Crippen LogP contribution in [0, 0.1) is 4.64 Å². The monoisotopic (exact) mass is 294 g/mol. The summed E-state index contributed by atoms with van der Waals surface area (Å²) < 4.78 is 3.90. The van der Waals surface area contributed by atoms with E-state index >= 15 is 0 Å². The Kier molecular flexibility index (Phi) is 2.48. The van der Waals surface area contributed by atoms with Crippen molar-refractivity contribution < 1.29 is 0 Å². The SMILES string of the molecule is S=c1cc(C2CC2)[nH]n1-c1ccc(Br)cc1. The molecular formula is C12H11BrN2S. The van der Waals surface area contributed by atoms with Crippen molar-refractivity contribution in [3.63, 3.8) is 0 Å². The van der Waals surface area contributed by atoms with Crippen LogP contribution in [0.15, 0.2) is 34.8 Å². The van der Waals surface area contributed by atoms with Gasteiger partial charge in [0.2, 0.25) is 0 Å². The standard InChI is InChI=1S/C12H11BrN2S/c13-9-3-5-10(6-4-9)15-12(16)7-11(14-15)8-1-2-8/h3-8,14H,1-2H2. The Balaban J connectivity index is 2.05. The minimum absolute atomic E-state index is 0.707. The second kappa shape index (κ2) is 3.86. The highest BCUT2D eigenvalue weighted by Gasteiger charge is 2.25. The molecule has 1 aromatic carbocycles. The average Bonchev–Trinajstić information content (AvgIpc) is 3.04. The summed E-state index contributed by atoms with van der Waals surface area (Å²) in [5.74, 6) is 0.707. The van der Waals surface area contributed by atoms with Gasteiger partial charge in [-0.05, 0) is 43.2 Å². The molecule has 4 heteroatoms. The van der Waals surface area contributed by atoms with Crippen LogP contribution in [-0.2, 0) is 0 Å². The zero-order valence-corrected chi connectivity index (χ0v) is 11.0. The molecule has 1 fully saturated rings. The summed E-state index contributed by atoms with van der Waals surface area (Å²) in [5, 5.41) is 3.38. The third kappa shape index (κ3) is 1.87. The van der Waals surface area contributed by atoms with E-state index in [4.69, 9.17) is 12.2 Å². The van der Waals surface area contributed by atoms with Crippen LogP contribution < -0.4 is 0 Å². The molecule has 1 heterocycles. The quantitative estimate of drug-likeness (QED) is 0.824. The first kappa shape index (κ1) is 10.3. The first-order valence-electron chi connectivity index (χ1n) is 5.32. The smallest absolute Gasteiger partial charge is 0.127 e. The van der Waals surface area contributed by atoms with E-state index < -0.39 is 0 Å². The number of H-pyrrole nitrogens is 1. The van der Waals surface area contributed by atoms with Crippen molar-refractivity contribution in [2.24, 2.45) is 0 Å². The molecule has 0 saturated heterocycles. The van der Waals surface area contributed by atoms with Gasteiger partial charge in [-0.15, -0.1) is 0 Å². The van der Waals surface area contributed by atoms with Gasteiger partial charge in [0.25, 0.3) is 0 Å². The molecule has 1 aromatic heterocycles. The lowest BCUT2D eigenvalue weighted by molar-refractivity contribution is 0.829. The van der Waals surface area contributed by atoms with Crippen molar-refractivity contribution in [2.75, 3.05) is 0 Å². The molecule has 1 aliphatic rings. The summed E-state index contributed by atoms with van der Waals surface area (Å²) in [5.41, 5.74) is 2.35. The van der Waals surface area contributed by atoms with E-state index in [9.17, 15) is 0 Å². The number of hydrogen-bond acceptors (Lipinski definition) is 1. The average molecular weight is 295 g/mol. The molecule has 0 atom stereocenters. The second-order valence-corrected chi connectivity index (χ2v) is 5.47. The molecule has 0 unspecified atom stereocenters. The number of aromatic amines is 1. The molecule has 2 aromatic rings. The van der Waals surface area contributed by atoms with Crippen molar-refractivity contribution in [3.05, 3.63) is 45.1 Å². The van der Waals surface area contributed by atoms with Gasteiger partial charge in [0, 0.05) is 16.1 Å². The number of nitrogens with zero attached hydrogens (tertiary/aromatic N) is 1. The van der Waals surface area contributed by atoms with Crippen LogP contribution in [0.3, 0.4) is 0 Å². The molecule has 0 aliphatic heterocycles. The summed E-state index contributed by atoms with van der Waals surface area (Å²) in [4.78, 5) is 0. The highest BCUT2D eigenvalue weighted by atomic mass is 79.9. The molecule has 0 radical (unpaired) electrons. The van der Waals surface area contributed by atoms with E-state index in [0.717, 1.165) is 14.8 Å². The van der Waals surface area contributed by atoms with Crippen molar-refractivity contribution in [3.8, 4) is 5.69 Å². The molecule has 3 rings (SSSR count). The zero-order valence-electron chi connectivity index (χ0n) is 8.61. The van der Waals surface area contributed by atoms with Crippen LogP contribution in [0.25, 0.3) is 5.69 Å². The number of halogens is 1. The predicted octanol–water partition coefficient (Wildman–Crippen LogP) is 4.17. The maximum atomic E-state index is 5.35. The van der Waals surface area contributed by atoms with Crippen LogP contribution >= 0.6 is 28.1 Å². The normalized spacial score (nSPS) is 15.3. The fraction of sp³-hybridized carbons (Fsp3) is 0.250. The van der Waals surface area contributed by atoms with Crippen LogP contribution in [0.5, 0.6) is 0 Å². The van der Waals surface area contributed by atoms with Gasteiger partial charge in [-0.2, -0.15) is 0 Å². The third-order valence-corrected chi connectivity index (χ3v) is 3.67. The molecule has 0 amide bonds. The Labute approximate surface area is 107 Å². The van der Waals surface area contributed by atoms with E-state index in [0.29, 0.717) is 5.92 Å². The maximum Gasteiger partial charge on any atom is 0.127 e. The molecular weight excluding hydrogens is 284 g/mol. The highest BCUT2D eigenvalue weighted by Crippen LogP contribution is 2.39. The molecule has 16 heavy (non-hydrogen) atoms. The first-order valence-corrected chi connectivity index (χ1v) is 6.52. The van der Waals surface area contributed by atoms with Gasteiger partial charge >= 0.3 is 0 Å². The van der Waals surface area contributed by atoms with Crippen LogP contribution in [0.4, 0.5) is 0 Å². The Morgan fingerprint density at radius 3 is 2.56 bits per heavy atom. The largest absolute Gasteiger partial charge is 0.297 e. The zero-order chi connectivity index (χ0) is 11.1. The lowest BCUT2D eigenvalue weighted by Crippen LogP contribution is -1.96. The van der Waals surface area contributed by atoms with E-state index in [1.807, 2.05) is 28.9 Å². The lowest BCUT2D eigenvalue weighted by atomic mass is 10.3. The molecule has 2 nitrogen and oxygen atoms in total. The van der Waals surface area contributed by atoms with E-state index in [2.05, 4.69) is 27.1 Å². The molecule has 0 spiro atoms. The Hall–Kier alpha value is -0.870. The maximum absolute atomic E-state index is 5.35. The Bertz CT molecular complexity index is 563. The van der Waals surface area contributed by atoms with Crippen LogP contribution in [0.1, 0.15) is 24.5 Å².